The number of ether oxygens (including phenoxy) is 2. The van der Waals surface area contributed by atoms with Crippen molar-refractivity contribution in [3.05, 3.63) is 28.2 Å². The molecule has 1 aromatic carbocycles. The summed E-state index contributed by atoms with van der Waals surface area (Å²) < 4.78 is 39.7. The van der Waals surface area contributed by atoms with Crippen molar-refractivity contribution in [2.75, 3.05) is 33.4 Å². The molecule has 0 aromatic heterocycles. The lowest BCUT2D eigenvalue weighted by molar-refractivity contribution is -0.137. The van der Waals surface area contributed by atoms with Gasteiger partial charge in [0.15, 0.2) is 0 Å². The van der Waals surface area contributed by atoms with Crippen molar-refractivity contribution < 1.29 is 22.7 Å². The number of methoxy groups -OCH3 is 1. The summed E-state index contributed by atoms with van der Waals surface area (Å²) in [5, 5.41) is 0.488. The molecule has 0 N–H and O–H groups in total. The maximum Gasteiger partial charge on any atom is 0.244 e. The summed E-state index contributed by atoms with van der Waals surface area (Å²) in [4.78, 5) is 15.2. The molecule has 0 aliphatic carbocycles. The number of nitrogens with zero attached hydrogens (tertiary/aromatic N) is 2. The Morgan fingerprint density at radius 2 is 1.93 bits per heavy atom. The predicted molar refractivity (Wildman–Crippen MR) is 109 cm³/mol. The number of benzene rings is 1. The minimum atomic E-state index is -3.96. The van der Waals surface area contributed by atoms with Crippen LogP contribution in [0.5, 0.6) is 0 Å². The van der Waals surface area contributed by atoms with Gasteiger partial charge in [-0.2, -0.15) is 4.31 Å². The molecule has 3 fully saturated rings. The lowest BCUT2D eigenvalue weighted by Gasteiger charge is -2.47. The van der Waals surface area contributed by atoms with Crippen molar-refractivity contribution in [3.8, 4) is 0 Å². The van der Waals surface area contributed by atoms with Crippen LogP contribution in [0.4, 0.5) is 0 Å². The van der Waals surface area contributed by atoms with Crippen molar-refractivity contribution in [2.45, 2.75) is 42.3 Å². The number of fused-ring (bicyclic) bond motifs is 2. The van der Waals surface area contributed by atoms with Gasteiger partial charge in [-0.15, -0.1) is 0 Å². The fraction of sp³-hybridized carbons (Fsp3) is 0.632. The molecule has 0 saturated carbocycles. The van der Waals surface area contributed by atoms with E-state index in [1.807, 2.05) is 0 Å². The van der Waals surface area contributed by atoms with E-state index in [2.05, 4.69) is 0 Å². The van der Waals surface area contributed by atoms with Gasteiger partial charge in [0, 0.05) is 48.8 Å². The molecule has 3 aliphatic heterocycles. The van der Waals surface area contributed by atoms with Crippen molar-refractivity contribution in [1.82, 2.24) is 9.21 Å². The lowest BCUT2D eigenvalue weighted by atomic mass is 9.86. The third kappa shape index (κ3) is 4.03. The number of hydrogen-bond acceptors (Lipinski definition) is 5. The van der Waals surface area contributed by atoms with Crippen LogP contribution < -0.4 is 0 Å². The molecule has 0 spiro atoms. The van der Waals surface area contributed by atoms with Crippen LogP contribution >= 0.6 is 23.2 Å². The van der Waals surface area contributed by atoms with Crippen molar-refractivity contribution in [2.24, 2.45) is 5.92 Å². The largest absolute Gasteiger partial charge is 0.385 e. The Balaban J connectivity index is 1.72. The fourth-order valence-corrected chi connectivity index (χ4v) is 7.25. The second-order valence-corrected chi connectivity index (χ2v) is 10.6. The minimum absolute atomic E-state index is 0.0179. The van der Waals surface area contributed by atoms with Crippen LogP contribution in [0.25, 0.3) is 0 Å². The Labute approximate surface area is 180 Å². The second kappa shape index (κ2) is 8.32. The first-order valence-electron chi connectivity index (χ1n) is 9.70. The Hall–Kier alpha value is -0.900. The molecule has 7 nitrogen and oxygen atoms in total. The molecule has 3 bridgehead atoms. The van der Waals surface area contributed by atoms with Crippen LogP contribution in [0, 0.1) is 5.92 Å². The van der Waals surface area contributed by atoms with Gasteiger partial charge in [0.05, 0.1) is 17.6 Å². The van der Waals surface area contributed by atoms with E-state index in [9.17, 15) is 13.2 Å². The van der Waals surface area contributed by atoms with E-state index < -0.39 is 16.1 Å². The summed E-state index contributed by atoms with van der Waals surface area (Å²) in [6, 6.07) is 3.20. The first kappa shape index (κ1) is 21.3. The normalized spacial score (nSPS) is 29.9. The zero-order valence-corrected chi connectivity index (χ0v) is 18.4. The summed E-state index contributed by atoms with van der Waals surface area (Å²) >= 11 is 12.1. The molecule has 1 aromatic rings. The number of carbonyl (C=O) groups excluding carboxylic acids is 1. The van der Waals surface area contributed by atoms with Gasteiger partial charge in [0.2, 0.25) is 15.9 Å². The summed E-state index contributed by atoms with van der Waals surface area (Å²) in [5.74, 6) is -0.243. The molecule has 3 aliphatic rings. The minimum Gasteiger partial charge on any atom is -0.385 e. The maximum atomic E-state index is 13.6. The summed E-state index contributed by atoms with van der Waals surface area (Å²) in [7, 11) is -2.33. The van der Waals surface area contributed by atoms with Gasteiger partial charge in [0.1, 0.15) is 6.04 Å². The Kier molecular flexibility index (Phi) is 6.12. The van der Waals surface area contributed by atoms with E-state index in [1.54, 1.807) is 12.0 Å². The number of rotatable bonds is 6. The maximum absolute atomic E-state index is 13.6. The highest BCUT2D eigenvalue weighted by molar-refractivity contribution is 7.89. The molecule has 1 amide bonds. The van der Waals surface area contributed by atoms with Gasteiger partial charge in [-0.05, 0) is 37.5 Å². The molecule has 29 heavy (non-hydrogen) atoms. The molecule has 160 valence electrons. The summed E-state index contributed by atoms with van der Waals surface area (Å²) in [6.45, 7) is 2.01. The smallest absolute Gasteiger partial charge is 0.244 e. The average Bonchev–Trinajstić information content (AvgIpc) is 2.70. The molecular formula is C19H24Cl2N2O5S. The molecule has 3 heterocycles. The van der Waals surface area contributed by atoms with Crippen LogP contribution in [-0.4, -0.2) is 75.1 Å². The standard InChI is InChI=1S/C19H24Cl2N2O5S/c1-27-4-2-3-22-10-12-11-28-15-8-17(12)23(18(9-15)19(22)24)29(25,26)16-6-13(20)5-14(21)7-16/h5-7,12,15,17-18H,2-4,8-11H2,1H3. The van der Waals surface area contributed by atoms with Crippen molar-refractivity contribution in [3.63, 3.8) is 0 Å². The first-order valence-corrected chi connectivity index (χ1v) is 11.9. The van der Waals surface area contributed by atoms with E-state index in [1.165, 1.54) is 22.5 Å². The number of halogens is 2. The number of hydrogen-bond donors (Lipinski definition) is 0. The number of amides is 1. The zero-order chi connectivity index (χ0) is 20.8. The van der Waals surface area contributed by atoms with Gasteiger partial charge in [0.25, 0.3) is 0 Å². The van der Waals surface area contributed by atoms with Crippen LogP contribution in [0.3, 0.4) is 0 Å². The van der Waals surface area contributed by atoms with Gasteiger partial charge in [-0.3, -0.25) is 4.79 Å². The van der Waals surface area contributed by atoms with E-state index in [0.717, 1.165) is 0 Å². The SMILES string of the molecule is COCCCN1CC2COC3CC(C1=O)N(S(=O)(=O)c1cc(Cl)cc(Cl)c1)C2C3. The van der Waals surface area contributed by atoms with Crippen LogP contribution in [0.1, 0.15) is 19.3 Å². The topological polar surface area (TPSA) is 76.2 Å². The molecule has 4 atom stereocenters. The monoisotopic (exact) mass is 462 g/mol. The lowest BCUT2D eigenvalue weighted by Crippen LogP contribution is -2.60. The molecule has 0 radical (unpaired) electrons. The van der Waals surface area contributed by atoms with Crippen LogP contribution in [0.2, 0.25) is 10.0 Å². The number of sulfonamides is 1. The third-order valence-corrected chi connectivity index (χ3v) is 8.30. The quantitative estimate of drug-likeness (QED) is 0.606. The zero-order valence-electron chi connectivity index (χ0n) is 16.1. The van der Waals surface area contributed by atoms with E-state index >= 15 is 0 Å². The molecule has 10 heteroatoms. The van der Waals surface area contributed by atoms with Crippen LogP contribution in [0.15, 0.2) is 23.1 Å². The summed E-state index contributed by atoms with van der Waals surface area (Å²) in [6.07, 6.45) is 1.55. The van der Waals surface area contributed by atoms with Crippen molar-refractivity contribution in [1.29, 1.82) is 0 Å². The van der Waals surface area contributed by atoms with Crippen molar-refractivity contribution >= 4 is 39.1 Å². The highest BCUT2D eigenvalue weighted by Gasteiger charge is 2.54. The highest BCUT2D eigenvalue weighted by Crippen LogP contribution is 2.41. The van der Waals surface area contributed by atoms with E-state index in [4.69, 9.17) is 32.7 Å². The second-order valence-electron chi connectivity index (χ2n) is 7.84. The van der Waals surface area contributed by atoms with Gasteiger partial charge in [-0.1, -0.05) is 23.2 Å². The van der Waals surface area contributed by atoms with E-state index in [-0.39, 0.29) is 38.9 Å². The Morgan fingerprint density at radius 1 is 1.21 bits per heavy atom. The Morgan fingerprint density at radius 3 is 2.62 bits per heavy atom. The predicted octanol–water partition coefficient (Wildman–Crippen LogP) is 2.41. The van der Waals surface area contributed by atoms with E-state index in [0.29, 0.717) is 45.6 Å². The highest BCUT2D eigenvalue weighted by atomic mass is 35.5. The average molecular weight is 463 g/mol. The Bertz CT molecular complexity index is 876. The molecule has 4 rings (SSSR count). The van der Waals surface area contributed by atoms with Gasteiger partial charge in [-0.25, -0.2) is 8.42 Å². The van der Waals surface area contributed by atoms with Gasteiger partial charge < -0.3 is 14.4 Å². The molecule has 3 saturated heterocycles. The summed E-state index contributed by atoms with van der Waals surface area (Å²) in [5.41, 5.74) is 0. The number of carbonyl (C=O) groups is 1. The fourth-order valence-electron chi connectivity index (χ4n) is 4.67. The number of piperidine rings is 1. The van der Waals surface area contributed by atoms with Crippen LogP contribution in [-0.2, 0) is 24.3 Å². The van der Waals surface area contributed by atoms with Gasteiger partial charge >= 0.3 is 0 Å². The molecule has 4 unspecified atom stereocenters. The first-order chi connectivity index (χ1) is 13.8. The molecular weight excluding hydrogens is 439 g/mol. The third-order valence-electron chi connectivity index (χ3n) is 5.95.